The van der Waals surface area contributed by atoms with E-state index in [1.807, 2.05) is 0 Å². The number of aliphatic imine (C=N–C) groups is 1. The number of hydrogen-bond acceptors (Lipinski definition) is 5. The van der Waals surface area contributed by atoms with E-state index in [-0.39, 0.29) is 12.0 Å². The highest BCUT2D eigenvalue weighted by molar-refractivity contribution is 5.79. The number of hydrogen-bond donors (Lipinski definition) is 3. The highest BCUT2D eigenvalue weighted by Gasteiger charge is 2.34. The Hall–Kier alpha value is -0.890. The fraction of sp³-hybridized carbons (Fsp3) is 0.952. The van der Waals surface area contributed by atoms with Crippen LogP contribution in [0.15, 0.2) is 4.99 Å². The van der Waals surface area contributed by atoms with Crippen LogP contribution in [0.2, 0.25) is 0 Å². The summed E-state index contributed by atoms with van der Waals surface area (Å²) in [5, 5.41) is 16.4. The molecule has 2 saturated heterocycles. The standard InChI is InChI=1S/C21H42N4O3/c1-4-18(5-2)19(25-9-13-27-14-10-25)15-23-20(22-6-3)24-16-21(7-11-26)8-12-28-17-21/h18-19,26H,4-17H2,1-3H3,(H2,22,23,24). The van der Waals surface area contributed by atoms with Gasteiger partial charge in [0.25, 0.3) is 0 Å². The molecule has 0 aromatic heterocycles. The van der Waals surface area contributed by atoms with Crippen molar-refractivity contribution in [1.82, 2.24) is 15.5 Å². The third kappa shape index (κ3) is 6.87. The lowest BCUT2D eigenvalue weighted by Crippen LogP contribution is -2.53. The molecule has 7 nitrogen and oxygen atoms in total. The summed E-state index contributed by atoms with van der Waals surface area (Å²) in [6.07, 6.45) is 4.09. The van der Waals surface area contributed by atoms with Crippen LogP contribution >= 0.6 is 0 Å². The molecule has 2 aliphatic rings. The third-order valence-electron chi connectivity index (χ3n) is 6.33. The van der Waals surface area contributed by atoms with Crippen LogP contribution in [-0.4, -0.2) is 87.8 Å². The summed E-state index contributed by atoms with van der Waals surface area (Å²) in [6.45, 7) is 14.4. The van der Waals surface area contributed by atoms with Crippen molar-refractivity contribution in [2.75, 3.05) is 65.8 Å². The lowest BCUT2D eigenvalue weighted by molar-refractivity contribution is 0.00271. The zero-order chi connectivity index (χ0) is 20.2. The SMILES string of the molecule is CCNC(=NCC1(CCO)CCOC1)NCC(C(CC)CC)N1CCOCC1. The topological polar surface area (TPSA) is 78.4 Å². The van der Waals surface area contributed by atoms with Crippen LogP contribution in [0.1, 0.15) is 46.5 Å². The Bertz CT molecular complexity index is 445. The summed E-state index contributed by atoms with van der Waals surface area (Å²) >= 11 is 0. The van der Waals surface area contributed by atoms with Gasteiger partial charge >= 0.3 is 0 Å². The summed E-state index contributed by atoms with van der Waals surface area (Å²) in [6, 6.07) is 0.490. The van der Waals surface area contributed by atoms with E-state index in [1.165, 1.54) is 12.8 Å². The van der Waals surface area contributed by atoms with E-state index in [0.29, 0.717) is 25.1 Å². The summed E-state index contributed by atoms with van der Waals surface area (Å²) in [5.74, 6) is 1.54. The number of ether oxygens (including phenoxy) is 2. The largest absolute Gasteiger partial charge is 0.396 e. The van der Waals surface area contributed by atoms with Crippen molar-refractivity contribution in [3.05, 3.63) is 0 Å². The molecule has 0 spiro atoms. The summed E-state index contributed by atoms with van der Waals surface area (Å²) in [7, 11) is 0. The zero-order valence-electron chi connectivity index (χ0n) is 18.2. The number of aliphatic hydroxyl groups excluding tert-OH is 1. The van der Waals surface area contributed by atoms with Gasteiger partial charge in [-0.3, -0.25) is 9.89 Å². The minimum atomic E-state index is -0.0178. The van der Waals surface area contributed by atoms with E-state index < -0.39 is 0 Å². The van der Waals surface area contributed by atoms with Crippen LogP contribution < -0.4 is 10.6 Å². The average Bonchev–Trinajstić information content (AvgIpc) is 3.19. The van der Waals surface area contributed by atoms with Gasteiger partial charge in [0.15, 0.2) is 5.96 Å². The van der Waals surface area contributed by atoms with E-state index >= 15 is 0 Å². The first-order valence-corrected chi connectivity index (χ1v) is 11.2. The maximum absolute atomic E-state index is 9.45. The second-order valence-electron chi connectivity index (χ2n) is 8.14. The molecule has 28 heavy (non-hydrogen) atoms. The average molecular weight is 399 g/mol. The van der Waals surface area contributed by atoms with Gasteiger partial charge in [0.1, 0.15) is 0 Å². The van der Waals surface area contributed by atoms with Crippen LogP contribution in [0.25, 0.3) is 0 Å². The highest BCUT2D eigenvalue weighted by Crippen LogP contribution is 2.32. The minimum absolute atomic E-state index is 0.0178. The molecule has 0 saturated carbocycles. The number of nitrogens with zero attached hydrogens (tertiary/aromatic N) is 2. The fourth-order valence-corrected chi connectivity index (χ4v) is 4.41. The Balaban J connectivity index is 2.01. The molecule has 2 heterocycles. The van der Waals surface area contributed by atoms with Crippen molar-refractivity contribution in [2.45, 2.75) is 52.5 Å². The second kappa shape index (κ2) is 12.6. The normalized spacial score (nSPS) is 25.2. The Labute approximate surface area is 171 Å². The van der Waals surface area contributed by atoms with Gasteiger partial charge in [-0.2, -0.15) is 0 Å². The van der Waals surface area contributed by atoms with Crippen molar-refractivity contribution in [2.24, 2.45) is 16.3 Å². The van der Waals surface area contributed by atoms with Crippen molar-refractivity contribution >= 4 is 5.96 Å². The van der Waals surface area contributed by atoms with Gasteiger partial charge in [-0.25, -0.2) is 0 Å². The Morgan fingerprint density at radius 1 is 1.11 bits per heavy atom. The van der Waals surface area contributed by atoms with Crippen molar-refractivity contribution in [3.8, 4) is 0 Å². The Morgan fingerprint density at radius 3 is 2.43 bits per heavy atom. The van der Waals surface area contributed by atoms with Crippen LogP contribution in [0, 0.1) is 11.3 Å². The minimum Gasteiger partial charge on any atom is -0.396 e. The second-order valence-corrected chi connectivity index (χ2v) is 8.14. The predicted octanol–water partition coefficient (Wildman–Crippen LogP) is 1.47. The van der Waals surface area contributed by atoms with E-state index in [2.05, 4.69) is 36.3 Å². The van der Waals surface area contributed by atoms with Gasteiger partial charge in [0.05, 0.1) is 26.4 Å². The summed E-state index contributed by atoms with van der Waals surface area (Å²) < 4.78 is 11.2. The predicted molar refractivity (Wildman–Crippen MR) is 114 cm³/mol. The number of guanidine groups is 1. The quantitative estimate of drug-likeness (QED) is 0.361. The smallest absolute Gasteiger partial charge is 0.191 e. The summed E-state index contributed by atoms with van der Waals surface area (Å²) in [4.78, 5) is 7.45. The molecule has 2 atom stereocenters. The molecule has 2 unspecified atom stereocenters. The molecule has 2 aliphatic heterocycles. The van der Waals surface area contributed by atoms with Crippen LogP contribution in [0.5, 0.6) is 0 Å². The molecule has 0 aromatic carbocycles. The molecule has 0 aliphatic carbocycles. The number of rotatable bonds is 11. The maximum atomic E-state index is 9.45. The molecule has 0 bridgehead atoms. The van der Waals surface area contributed by atoms with Crippen LogP contribution in [-0.2, 0) is 9.47 Å². The molecule has 2 rings (SSSR count). The molecular formula is C21H42N4O3. The van der Waals surface area contributed by atoms with E-state index in [0.717, 1.165) is 64.8 Å². The summed E-state index contributed by atoms with van der Waals surface area (Å²) in [5.41, 5.74) is -0.0178. The van der Waals surface area contributed by atoms with Gasteiger partial charge < -0.3 is 25.2 Å². The van der Waals surface area contributed by atoms with Gasteiger partial charge in [0.2, 0.25) is 0 Å². The first-order chi connectivity index (χ1) is 13.7. The van der Waals surface area contributed by atoms with E-state index in [9.17, 15) is 5.11 Å². The first kappa shape index (κ1) is 23.4. The fourth-order valence-electron chi connectivity index (χ4n) is 4.41. The van der Waals surface area contributed by atoms with Crippen molar-refractivity contribution in [1.29, 1.82) is 0 Å². The molecule has 164 valence electrons. The lowest BCUT2D eigenvalue weighted by Gasteiger charge is -2.39. The first-order valence-electron chi connectivity index (χ1n) is 11.2. The number of morpholine rings is 1. The van der Waals surface area contributed by atoms with Crippen LogP contribution in [0.4, 0.5) is 0 Å². The molecule has 3 N–H and O–H groups in total. The maximum Gasteiger partial charge on any atom is 0.191 e. The van der Waals surface area contributed by atoms with E-state index in [1.54, 1.807) is 0 Å². The van der Waals surface area contributed by atoms with Crippen molar-refractivity contribution in [3.63, 3.8) is 0 Å². The lowest BCUT2D eigenvalue weighted by atomic mass is 9.84. The van der Waals surface area contributed by atoms with Gasteiger partial charge in [-0.05, 0) is 25.7 Å². The molecule has 0 radical (unpaired) electrons. The monoisotopic (exact) mass is 398 g/mol. The molecule has 7 heteroatoms. The van der Waals surface area contributed by atoms with E-state index in [4.69, 9.17) is 14.5 Å². The van der Waals surface area contributed by atoms with Gasteiger partial charge in [-0.15, -0.1) is 0 Å². The molecule has 2 fully saturated rings. The molecular weight excluding hydrogens is 356 g/mol. The Morgan fingerprint density at radius 2 is 1.86 bits per heavy atom. The van der Waals surface area contributed by atoms with Gasteiger partial charge in [0, 0.05) is 50.8 Å². The molecule has 0 aromatic rings. The number of nitrogens with one attached hydrogen (secondary N) is 2. The van der Waals surface area contributed by atoms with Gasteiger partial charge in [-0.1, -0.05) is 26.7 Å². The van der Waals surface area contributed by atoms with Crippen LogP contribution in [0.3, 0.4) is 0 Å². The van der Waals surface area contributed by atoms with Crippen molar-refractivity contribution < 1.29 is 14.6 Å². The zero-order valence-corrected chi connectivity index (χ0v) is 18.2. The Kier molecular flexibility index (Phi) is 10.5. The molecule has 0 amide bonds. The third-order valence-corrected chi connectivity index (χ3v) is 6.33. The number of aliphatic hydroxyl groups is 1. The highest BCUT2D eigenvalue weighted by atomic mass is 16.5.